The van der Waals surface area contributed by atoms with Crippen molar-refractivity contribution in [3.05, 3.63) is 0 Å². The first-order chi connectivity index (χ1) is 2.84. The first-order valence-corrected chi connectivity index (χ1v) is 2.05. The molecule has 1 aliphatic carbocycles. The fourth-order valence-corrected chi connectivity index (χ4v) is 0.392. The zero-order chi connectivity index (χ0) is 4.57. The Morgan fingerprint density at radius 1 is 1.83 bits per heavy atom. The molecule has 2 atom stereocenters. The monoisotopic (exact) mass is 85.1 g/mol. The van der Waals surface area contributed by atoms with Crippen molar-refractivity contribution in [3.8, 4) is 0 Å². The number of carbonyl (C=O) groups is 1. The van der Waals surface area contributed by atoms with Crippen molar-refractivity contribution >= 4 is 6.29 Å². The normalized spacial score (nSPS) is 42.2. The van der Waals surface area contributed by atoms with Crippen LogP contribution in [0.15, 0.2) is 0 Å². The Bertz CT molecular complexity index is 71.9. The van der Waals surface area contributed by atoms with Crippen LogP contribution in [0.5, 0.6) is 0 Å². The molecule has 0 aromatic carbocycles. The van der Waals surface area contributed by atoms with Crippen LogP contribution in [0.25, 0.3) is 0 Å². The molecular formula is C4H7NO. The molecule has 1 fully saturated rings. The SMILES string of the molecule is N[C@H]1C[C@@H]1C=O. The summed E-state index contributed by atoms with van der Waals surface area (Å²) in [6.07, 6.45) is 1.83. The summed E-state index contributed by atoms with van der Waals surface area (Å²) in [5.41, 5.74) is 5.25. The van der Waals surface area contributed by atoms with Gasteiger partial charge in [-0.15, -0.1) is 0 Å². The van der Waals surface area contributed by atoms with Gasteiger partial charge in [0.05, 0.1) is 0 Å². The van der Waals surface area contributed by atoms with Crippen molar-refractivity contribution in [1.82, 2.24) is 0 Å². The predicted octanol–water partition coefficient (Wildman–Crippen LogP) is -0.468. The maximum Gasteiger partial charge on any atom is 0.124 e. The standard InChI is InChI=1S/C4H7NO/c5-4-1-3(4)2-6/h2-4H,1,5H2/t3-,4+/m1/s1. The van der Waals surface area contributed by atoms with E-state index in [0.717, 1.165) is 12.7 Å². The van der Waals surface area contributed by atoms with E-state index in [1.807, 2.05) is 0 Å². The molecule has 0 aliphatic heterocycles. The zero-order valence-corrected chi connectivity index (χ0v) is 3.42. The fourth-order valence-electron chi connectivity index (χ4n) is 0.392. The van der Waals surface area contributed by atoms with E-state index in [1.165, 1.54) is 0 Å². The van der Waals surface area contributed by atoms with Crippen molar-refractivity contribution < 1.29 is 4.79 Å². The molecule has 1 aliphatic rings. The van der Waals surface area contributed by atoms with Crippen LogP contribution in [0.1, 0.15) is 6.42 Å². The minimum atomic E-state index is 0.197. The van der Waals surface area contributed by atoms with E-state index >= 15 is 0 Å². The summed E-state index contributed by atoms with van der Waals surface area (Å²) < 4.78 is 0. The smallest absolute Gasteiger partial charge is 0.124 e. The summed E-state index contributed by atoms with van der Waals surface area (Å²) in [7, 11) is 0. The molecule has 0 radical (unpaired) electrons. The van der Waals surface area contributed by atoms with Gasteiger partial charge >= 0.3 is 0 Å². The Kier molecular flexibility index (Phi) is 0.665. The van der Waals surface area contributed by atoms with Gasteiger partial charge < -0.3 is 10.5 Å². The highest BCUT2D eigenvalue weighted by Crippen LogP contribution is 2.24. The van der Waals surface area contributed by atoms with Crippen molar-refractivity contribution in [2.45, 2.75) is 12.5 Å². The third kappa shape index (κ3) is 0.431. The first-order valence-electron chi connectivity index (χ1n) is 2.05. The lowest BCUT2D eigenvalue weighted by molar-refractivity contribution is -0.108. The van der Waals surface area contributed by atoms with Gasteiger partial charge in [0.1, 0.15) is 6.29 Å². The Hall–Kier alpha value is -0.370. The van der Waals surface area contributed by atoms with Gasteiger partial charge in [-0.25, -0.2) is 0 Å². The van der Waals surface area contributed by atoms with E-state index in [0.29, 0.717) is 0 Å². The van der Waals surface area contributed by atoms with Gasteiger partial charge in [0.25, 0.3) is 0 Å². The first kappa shape index (κ1) is 3.81. The lowest BCUT2D eigenvalue weighted by Gasteiger charge is -1.69. The van der Waals surface area contributed by atoms with Crippen LogP contribution < -0.4 is 5.73 Å². The summed E-state index contributed by atoms with van der Waals surface area (Å²) in [6.45, 7) is 0. The molecule has 0 aromatic rings. The molecule has 6 heavy (non-hydrogen) atoms. The van der Waals surface area contributed by atoms with E-state index < -0.39 is 0 Å². The molecule has 0 spiro atoms. The Balaban J connectivity index is 2.25. The number of rotatable bonds is 1. The molecule has 0 aromatic heterocycles. The Morgan fingerprint density at radius 2 is 2.33 bits per heavy atom. The third-order valence-corrected chi connectivity index (χ3v) is 1.07. The average molecular weight is 85.1 g/mol. The molecule has 0 bridgehead atoms. The van der Waals surface area contributed by atoms with E-state index in [2.05, 4.69) is 0 Å². The van der Waals surface area contributed by atoms with Crippen LogP contribution in [0.3, 0.4) is 0 Å². The van der Waals surface area contributed by atoms with Crippen LogP contribution in [0, 0.1) is 5.92 Å². The molecule has 2 nitrogen and oxygen atoms in total. The maximum atomic E-state index is 9.70. The van der Waals surface area contributed by atoms with Crippen molar-refractivity contribution in [2.24, 2.45) is 11.7 Å². The lowest BCUT2D eigenvalue weighted by Crippen LogP contribution is -2.01. The molecule has 2 heteroatoms. The minimum absolute atomic E-state index is 0.197. The topological polar surface area (TPSA) is 43.1 Å². The van der Waals surface area contributed by atoms with E-state index in [-0.39, 0.29) is 12.0 Å². The molecule has 1 saturated carbocycles. The highest BCUT2D eigenvalue weighted by Gasteiger charge is 2.32. The van der Waals surface area contributed by atoms with Gasteiger partial charge in [-0.05, 0) is 6.42 Å². The molecule has 2 N–H and O–H groups in total. The number of carbonyl (C=O) groups excluding carboxylic acids is 1. The second-order valence-corrected chi connectivity index (χ2v) is 1.70. The summed E-state index contributed by atoms with van der Waals surface area (Å²) in [4.78, 5) is 9.70. The largest absolute Gasteiger partial charge is 0.327 e. The molecule has 0 unspecified atom stereocenters. The van der Waals surface area contributed by atoms with Gasteiger partial charge in [0.2, 0.25) is 0 Å². The highest BCUT2D eigenvalue weighted by molar-refractivity contribution is 5.59. The molecule has 0 heterocycles. The lowest BCUT2D eigenvalue weighted by atomic mass is 10.5. The van der Waals surface area contributed by atoms with Gasteiger partial charge in [0, 0.05) is 12.0 Å². The molecule has 34 valence electrons. The molecular weight excluding hydrogens is 78.0 g/mol. The highest BCUT2D eigenvalue weighted by atomic mass is 16.1. The molecule has 0 amide bonds. The van der Waals surface area contributed by atoms with Crippen LogP contribution >= 0.6 is 0 Å². The fraction of sp³-hybridized carbons (Fsp3) is 0.750. The minimum Gasteiger partial charge on any atom is -0.327 e. The van der Waals surface area contributed by atoms with Gasteiger partial charge in [0.15, 0.2) is 0 Å². The average Bonchev–Trinajstić information content (AvgIpc) is 2.19. The van der Waals surface area contributed by atoms with Crippen LogP contribution in [0.2, 0.25) is 0 Å². The van der Waals surface area contributed by atoms with Gasteiger partial charge in [-0.2, -0.15) is 0 Å². The number of nitrogens with two attached hydrogens (primary N) is 1. The third-order valence-electron chi connectivity index (χ3n) is 1.07. The number of hydrogen-bond donors (Lipinski definition) is 1. The van der Waals surface area contributed by atoms with Gasteiger partial charge in [-0.1, -0.05) is 0 Å². The molecule has 0 saturated heterocycles. The van der Waals surface area contributed by atoms with Crippen molar-refractivity contribution in [1.29, 1.82) is 0 Å². The van der Waals surface area contributed by atoms with E-state index in [1.54, 1.807) is 0 Å². The quantitative estimate of drug-likeness (QED) is 0.437. The zero-order valence-electron chi connectivity index (χ0n) is 3.42. The number of aldehydes is 1. The van der Waals surface area contributed by atoms with Crippen LogP contribution in [-0.2, 0) is 4.79 Å². The second-order valence-electron chi connectivity index (χ2n) is 1.70. The van der Waals surface area contributed by atoms with Gasteiger partial charge in [-0.3, -0.25) is 0 Å². The molecule has 1 rings (SSSR count). The maximum absolute atomic E-state index is 9.70. The second kappa shape index (κ2) is 1.05. The predicted molar refractivity (Wildman–Crippen MR) is 22.1 cm³/mol. The summed E-state index contributed by atoms with van der Waals surface area (Å²) in [5, 5.41) is 0. The Morgan fingerprint density at radius 3 is 2.33 bits per heavy atom. The summed E-state index contributed by atoms with van der Waals surface area (Å²) >= 11 is 0. The number of hydrogen-bond acceptors (Lipinski definition) is 2. The van der Waals surface area contributed by atoms with Crippen LogP contribution in [-0.4, -0.2) is 12.3 Å². The summed E-state index contributed by atoms with van der Waals surface area (Å²) in [6, 6.07) is 0.197. The van der Waals surface area contributed by atoms with E-state index in [9.17, 15) is 4.79 Å². The van der Waals surface area contributed by atoms with Crippen LogP contribution in [0.4, 0.5) is 0 Å². The van der Waals surface area contributed by atoms with Crippen molar-refractivity contribution in [2.75, 3.05) is 0 Å². The Labute approximate surface area is 36.3 Å². The summed E-state index contributed by atoms with van der Waals surface area (Å²) in [5.74, 6) is 0.199. The van der Waals surface area contributed by atoms with Crippen molar-refractivity contribution in [3.63, 3.8) is 0 Å². The van der Waals surface area contributed by atoms with E-state index in [4.69, 9.17) is 5.73 Å².